The van der Waals surface area contributed by atoms with Crippen LogP contribution >= 0.6 is 0 Å². The number of aliphatic hydroxyl groups is 1. The Hall–Kier alpha value is -1.84. The van der Waals surface area contributed by atoms with E-state index in [9.17, 15) is 10.2 Å². The SMILES string of the molecule is OC[C@H](Cc1ccccc1)NCCc1ccccc1O. The number of nitrogens with one attached hydrogen (secondary N) is 1. The molecule has 3 N–H and O–H groups in total. The minimum Gasteiger partial charge on any atom is -0.508 e. The summed E-state index contributed by atoms with van der Waals surface area (Å²) in [5, 5.41) is 22.5. The molecule has 20 heavy (non-hydrogen) atoms. The van der Waals surface area contributed by atoms with Crippen molar-refractivity contribution in [3.05, 3.63) is 65.7 Å². The molecule has 0 aromatic heterocycles. The third-order valence-corrected chi connectivity index (χ3v) is 3.36. The maximum atomic E-state index is 9.69. The number of aliphatic hydroxyl groups excluding tert-OH is 1. The third kappa shape index (κ3) is 4.37. The first-order valence-electron chi connectivity index (χ1n) is 6.94. The van der Waals surface area contributed by atoms with Crippen molar-refractivity contribution in [2.45, 2.75) is 18.9 Å². The van der Waals surface area contributed by atoms with E-state index in [1.165, 1.54) is 5.56 Å². The second-order valence-corrected chi connectivity index (χ2v) is 4.90. The molecule has 1 atom stereocenters. The van der Waals surface area contributed by atoms with Crippen molar-refractivity contribution in [2.24, 2.45) is 0 Å². The number of phenolic OH excluding ortho intramolecular Hbond substituents is 1. The molecule has 3 nitrogen and oxygen atoms in total. The van der Waals surface area contributed by atoms with Gasteiger partial charge in [0.1, 0.15) is 5.75 Å². The van der Waals surface area contributed by atoms with Gasteiger partial charge in [-0.3, -0.25) is 0 Å². The summed E-state index contributed by atoms with van der Waals surface area (Å²) in [4.78, 5) is 0. The summed E-state index contributed by atoms with van der Waals surface area (Å²) >= 11 is 0. The Balaban J connectivity index is 1.81. The van der Waals surface area contributed by atoms with E-state index in [0.29, 0.717) is 5.75 Å². The highest BCUT2D eigenvalue weighted by Crippen LogP contribution is 2.15. The minimum absolute atomic E-state index is 0.0447. The zero-order valence-corrected chi connectivity index (χ0v) is 11.5. The van der Waals surface area contributed by atoms with Gasteiger partial charge in [0.15, 0.2) is 0 Å². The van der Waals surface area contributed by atoms with Gasteiger partial charge in [0.05, 0.1) is 6.61 Å². The van der Waals surface area contributed by atoms with E-state index in [0.717, 1.165) is 24.9 Å². The molecule has 0 saturated carbocycles. The Morgan fingerprint density at radius 1 is 0.950 bits per heavy atom. The molecule has 0 amide bonds. The van der Waals surface area contributed by atoms with E-state index in [2.05, 4.69) is 17.4 Å². The number of rotatable bonds is 7. The molecule has 106 valence electrons. The van der Waals surface area contributed by atoms with Crippen molar-refractivity contribution < 1.29 is 10.2 Å². The predicted octanol–water partition coefficient (Wildman–Crippen LogP) is 2.13. The van der Waals surface area contributed by atoms with Crippen LogP contribution in [0.25, 0.3) is 0 Å². The van der Waals surface area contributed by atoms with Gasteiger partial charge in [0, 0.05) is 6.04 Å². The minimum atomic E-state index is 0.0447. The van der Waals surface area contributed by atoms with E-state index in [4.69, 9.17) is 0 Å². The molecule has 0 unspecified atom stereocenters. The fraction of sp³-hybridized carbons (Fsp3) is 0.294. The van der Waals surface area contributed by atoms with Crippen LogP contribution in [0, 0.1) is 0 Å². The summed E-state index contributed by atoms with van der Waals surface area (Å²) in [6, 6.07) is 17.5. The lowest BCUT2D eigenvalue weighted by Crippen LogP contribution is -2.35. The van der Waals surface area contributed by atoms with Gasteiger partial charge in [0.2, 0.25) is 0 Å². The molecule has 2 aromatic carbocycles. The Kier molecular flexibility index (Phi) is 5.59. The molecule has 0 fully saturated rings. The molecule has 0 heterocycles. The largest absolute Gasteiger partial charge is 0.508 e. The molecular formula is C17H21NO2. The van der Waals surface area contributed by atoms with Gasteiger partial charge in [-0.25, -0.2) is 0 Å². The van der Waals surface area contributed by atoms with Crippen LogP contribution in [-0.4, -0.2) is 29.4 Å². The van der Waals surface area contributed by atoms with Gasteiger partial charge < -0.3 is 15.5 Å². The fourth-order valence-corrected chi connectivity index (χ4v) is 2.23. The van der Waals surface area contributed by atoms with Crippen LogP contribution in [0.3, 0.4) is 0 Å². The van der Waals surface area contributed by atoms with Gasteiger partial charge >= 0.3 is 0 Å². The maximum absolute atomic E-state index is 9.69. The number of benzene rings is 2. The zero-order valence-electron chi connectivity index (χ0n) is 11.5. The van der Waals surface area contributed by atoms with E-state index in [1.54, 1.807) is 6.07 Å². The fourth-order valence-electron chi connectivity index (χ4n) is 2.23. The number of hydrogen-bond donors (Lipinski definition) is 3. The second-order valence-electron chi connectivity index (χ2n) is 4.90. The van der Waals surface area contributed by atoms with Crippen LogP contribution in [0.15, 0.2) is 54.6 Å². The number of phenols is 1. The molecule has 2 rings (SSSR count). The van der Waals surface area contributed by atoms with Crippen molar-refractivity contribution in [1.82, 2.24) is 5.32 Å². The standard InChI is InChI=1S/C17H21NO2/c19-13-16(12-14-6-2-1-3-7-14)18-11-10-15-8-4-5-9-17(15)20/h1-9,16,18-20H,10-13H2/t16-/m0/s1. The topological polar surface area (TPSA) is 52.5 Å². The molecule has 0 spiro atoms. The van der Waals surface area contributed by atoms with Gasteiger partial charge in [-0.2, -0.15) is 0 Å². The van der Waals surface area contributed by atoms with Crippen LogP contribution in [0.4, 0.5) is 0 Å². The zero-order chi connectivity index (χ0) is 14.2. The lowest BCUT2D eigenvalue weighted by atomic mass is 10.1. The Labute approximate surface area is 119 Å². The highest BCUT2D eigenvalue weighted by Gasteiger charge is 2.08. The summed E-state index contributed by atoms with van der Waals surface area (Å²) < 4.78 is 0. The summed E-state index contributed by atoms with van der Waals surface area (Å²) in [5.41, 5.74) is 2.14. The van der Waals surface area contributed by atoms with E-state index in [1.807, 2.05) is 36.4 Å². The van der Waals surface area contributed by atoms with Crippen molar-refractivity contribution in [3.63, 3.8) is 0 Å². The predicted molar refractivity (Wildman–Crippen MR) is 80.8 cm³/mol. The molecule has 0 aliphatic carbocycles. The van der Waals surface area contributed by atoms with Crippen LogP contribution in [0.2, 0.25) is 0 Å². The van der Waals surface area contributed by atoms with Crippen molar-refractivity contribution in [3.8, 4) is 5.75 Å². The van der Waals surface area contributed by atoms with Crippen molar-refractivity contribution in [2.75, 3.05) is 13.2 Å². The van der Waals surface area contributed by atoms with E-state index >= 15 is 0 Å². The molecule has 3 heteroatoms. The number of aromatic hydroxyl groups is 1. The Morgan fingerprint density at radius 2 is 1.65 bits per heavy atom. The van der Waals surface area contributed by atoms with Crippen LogP contribution in [0.5, 0.6) is 5.75 Å². The Bertz CT molecular complexity index is 513. The van der Waals surface area contributed by atoms with Gasteiger partial charge in [-0.15, -0.1) is 0 Å². The lowest BCUT2D eigenvalue weighted by Gasteiger charge is -2.16. The molecule has 0 radical (unpaired) electrons. The van der Waals surface area contributed by atoms with Crippen molar-refractivity contribution >= 4 is 0 Å². The van der Waals surface area contributed by atoms with E-state index < -0.39 is 0 Å². The monoisotopic (exact) mass is 271 g/mol. The average Bonchev–Trinajstić information content (AvgIpc) is 2.49. The highest BCUT2D eigenvalue weighted by atomic mass is 16.3. The first-order valence-corrected chi connectivity index (χ1v) is 6.94. The van der Waals surface area contributed by atoms with Gasteiger partial charge in [0.25, 0.3) is 0 Å². The van der Waals surface area contributed by atoms with Gasteiger partial charge in [-0.05, 0) is 36.6 Å². The summed E-state index contributed by atoms with van der Waals surface area (Å²) in [7, 11) is 0. The second kappa shape index (κ2) is 7.68. The van der Waals surface area contributed by atoms with E-state index in [-0.39, 0.29) is 12.6 Å². The number of hydrogen-bond acceptors (Lipinski definition) is 3. The smallest absolute Gasteiger partial charge is 0.118 e. The molecule has 0 aliphatic heterocycles. The third-order valence-electron chi connectivity index (χ3n) is 3.36. The van der Waals surface area contributed by atoms with Crippen LogP contribution < -0.4 is 5.32 Å². The molecule has 0 saturated heterocycles. The first kappa shape index (κ1) is 14.6. The lowest BCUT2D eigenvalue weighted by molar-refractivity contribution is 0.242. The molecular weight excluding hydrogens is 250 g/mol. The summed E-state index contributed by atoms with van der Waals surface area (Å²) in [6.45, 7) is 0.839. The van der Waals surface area contributed by atoms with Crippen molar-refractivity contribution in [1.29, 1.82) is 0 Å². The average molecular weight is 271 g/mol. The normalized spacial score (nSPS) is 12.2. The summed E-state index contributed by atoms with van der Waals surface area (Å²) in [6.07, 6.45) is 1.55. The first-order chi connectivity index (χ1) is 9.79. The molecule has 0 bridgehead atoms. The Morgan fingerprint density at radius 3 is 2.35 bits per heavy atom. The maximum Gasteiger partial charge on any atom is 0.118 e. The quantitative estimate of drug-likeness (QED) is 0.723. The summed E-state index contributed by atoms with van der Waals surface area (Å²) in [5.74, 6) is 0.331. The molecule has 0 aliphatic rings. The highest BCUT2D eigenvalue weighted by molar-refractivity contribution is 5.31. The molecule has 2 aromatic rings. The number of para-hydroxylation sites is 1. The van der Waals surface area contributed by atoms with Crippen LogP contribution in [-0.2, 0) is 12.8 Å². The van der Waals surface area contributed by atoms with Gasteiger partial charge in [-0.1, -0.05) is 48.5 Å². The van der Waals surface area contributed by atoms with Crippen LogP contribution in [0.1, 0.15) is 11.1 Å².